The molecule has 0 amide bonds. The van der Waals surface area contributed by atoms with Crippen LogP contribution in [0.2, 0.25) is 5.28 Å². The molecule has 0 radical (unpaired) electrons. The minimum atomic E-state index is -0.438. The molecule has 1 aromatic heterocycles. The molecule has 0 aliphatic carbocycles. The van der Waals surface area contributed by atoms with Crippen molar-refractivity contribution in [2.45, 2.75) is 50.9 Å². The number of anilines is 1. The van der Waals surface area contributed by atoms with Gasteiger partial charge in [-0.25, -0.2) is 9.78 Å². The maximum atomic E-state index is 11.9. The summed E-state index contributed by atoms with van der Waals surface area (Å²) in [5.74, 6) is 0.00597. The van der Waals surface area contributed by atoms with Gasteiger partial charge in [-0.3, -0.25) is 0 Å². The second-order valence-corrected chi connectivity index (χ2v) is 5.73. The molecule has 7 heteroatoms. The van der Waals surface area contributed by atoms with E-state index in [1.165, 1.54) is 6.20 Å². The highest BCUT2D eigenvalue weighted by molar-refractivity contribution is 6.28. The zero-order valence-corrected chi connectivity index (χ0v) is 12.6. The molecular weight excluding hydrogens is 294 g/mol. The molecule has 0 spiro atoms. The fourth-order valence-corrected chi connectivity index (χ4v) is 3.13. The van der Waals surface area contributed by atoms with Crippen molar-refractivity contribution in [1.29, 1.82) is 0 Å². The van der Waals surface area contributed by atoms with E-state index in [4.69, 9.17) is 21.1 Å². The summed E-state index contributed by atoms with van der Waals surface area (Å²) in [6.45, 7) is 2.07. The van der Waals surface area contributed by atoms with E-state index in [0.717, 1.165) is 25.7 Å². The van der Waals surface area contributed by atoms with Crippen LogP contribution in [-0.2, 0) is 9.47 Å². The van der Waals surface area contributed by atoms with Crippen molar-refractivity contribution in [3.05, 3.63) is 17.0 Å². The second-order valence-electron chi connectivity index (χ2n) is 5.39. The lowest BCUT2D eigenvalue weighted by atomic mass is 10.0. The van der Waals surface area contributed by atoms with Gasteiger partial charge in [-0.15, -0.1) is 0 Å². The zero-order chi connectivity index (χ0) is 14.8. The number of nitrogens with one attached hydrogen (secondary N) is 1. The molecule has 2 fully saturated rings. The molecule has 0 aromatic carbocycles. The van der Waals surface area contributed by atoms with E-state index in [1.54, 1.807) is 6.92 Å². The molecule has 2 unspecified atom stereocenters. The third-order valence-electron chi connectivity index (χ3n) is 3.89. The van der Waals surface area contributed by atoms with E-state index >= 15 is 0 Å². The number of aromatic nitrogens is 2. The molecule has 3 rings (SSSR count). The molecule has 21 heavy (non-hydrogen) atoms. The molecule has 2 aliphatic heterocycles. The molecule has 2 saturated heterocycles. The Morgan fingerprint density at radius 2 is 2.19 bits per heavy atom. The van der Waals surface area contributed by atoms with Crippen LogP contribution >= 0.6 is 11.6 Å². The first-order chi connectivity index (χ1) is 10.2. The van der Waals surface area contributed by atoms with Gasteiger partial charge in [0.05, 0.1) is 18.8 Å². The summed E-state index contributed by atoms with van der Waals surface area (Å²) < 4.78 is 10.8. The molecule has 114 valence electrons. The highest BCUT2D eigenvalue weighted by atomic mass is 35.5. The van der Waals surface area contributed by atoms with Crippen molar-refractivity contribution >= 4 is 23.4 Å². The van der Waals surface area contributed by atoms with Gasteiger partial charge >= 0.3 is 5.97 Å². The molecule has 1 N–H and O–H groups in total. The van der Waals surface area contributed by atoms with Crippen molar-refractivity contribution in [2.24, 2.45) is 0 Å². The van der Waals surface area contributed by atoms with Gasteiger partial charge in [-0.1, -0.05) is 0 Å². The molecule has 3 heterocycles. The van der Waals surface area contributed by atoms with Crippen LogP contribution in [0.1, 0.15) is 43.0 Å². The predicted molar refractivity (Wildman–Crippen MR) is 77.5 cm³/mol. The maximum absolute atomic E-state index is 11.9. The molecule has 2 bridgehead atoms. The minimum Gasteiger partial charge on any atom is -0.462 e. The van der Waals surface area contributed by atoms with Crippen LogP contribution in [0.25, 0.3) is 0 Å². The molecule has 2 atom stereocenters. The first kappa shape index (κ1) is 14.5. The largest absolute Gasteiger partial charge is 0.462 e. The van der Waals surface area contributed by atoms with Gasteiger partial charge < -0.3 is 14.8 Å². The Kier molecular flexibility index (Phi) is 4.26. The van der Waals surface area contributed by atoms with Crippen molar-refractivity contribution in [3.8, 4) is 0 Å². The average Bonchev–Trinajstić information content (AvgIpc) is 2.78. The highest BCUT2D eigenvalue weighted by Gasteiger charge is 2.35. The number of ether oxygens (including phenoxy) is 2. The number of rotatable bonds is 4. The number of nitrogens with zero attached hydrogens (tertiary/aromatic N) is 2. The van der Waals surface area contributed by atoms with Gasteiger partial charge in [0.25, 0.3) is 0 Å². The Bertz CT molecular complexity index is 528. The molecule has 0 saturated carbocycles. The molecule has 2 aliphatic rings. The Morgan fingerprint density at radius 3 is 2.86 bits per heavy atom. The Hall–Kier alpha value is -1.40. The van der Waals surface area contributed by atoms with Crippen molar-refractivity contribution < 1.29 is 14.3 Å². The summed E-state index contributed by atoms with van der Waals surface area (Å²) in [6.07, 6.45) is 6.08. The van der Waals surface area contributed by atoms with Crippen LogP contribution in [0.15, 0.2) is 6.20 Å². The van der Waals surface area contributed by atoms with E-state index in [1.807, 2.05) is 0 Å². The van der Waals surface area contributed by atoms with E-state index in [-0.39, 0.29) is 11.3 Å². The maximum Gasteiger partial charge on any atom is 0.343 e. The van der Waals surface area contributed by atoms with E-state index in [2.05, 4.69) is 15.3 Å². The normalized spacial score (nSPS) is 27.4. The smallest absolute Gasteiger partial charge is 0.343 e. The SMILES string of the molecule is CCOC(=O)c1cnc(Cl)nc1NC1CC2CCC(C1)O2. The topological polar surface area (TPSA) is 73.3 Å². The number of halogens is 1. The van der Waals surface area contributed by atoms with Crippen molar-refractivity contribution in [1.82, 2.24) is 9.97 Å². The van der Waals surface area contributed by atoms with Crippen molar-refractivity contribution in [2.75, 3.05) is 11.9 Å². The van der Waals surface area contributed by atoms with Crippen LogP contribution in [0.5, 0.6) is 0 Å². The summed E-state index contributed by atoms with van der Waals surface area (Å²) in [5.41, 5.74) is 0.320. The van der Waals surface area contributed by atoms with E-state index in [9.17, 15) is 4.79 Å². The number of carbonyl (C=O) groups excluding carboxylic acids is 1. The fraction of sp³-hybridized carbons (Fsp3) is 0.643. The summed E-state index contributed by atoms with van der Waals surface area (Å²) >= 11 is 5.85. The summed E-state index contributed by atoms with van der Waals surface area (Å²) in [7, 11) is 0. The van der Waals surface area contributed by atoms with Crippen molar-refractivity contribution in [3.63, 3.8) is 0 Å². The monoisotopic (exact) mass is 311 g/mol. The summed E-state index contributed by atoms with van der Waals surface area (Å²) in [4.78, 5) is 20.0. The van der Waals surface area contributed by atoms with Crippen LogP contribution in [0.3, 0.4) is 0 Å². The number of esters is 1. The van der Waals surface area contributed by atoms with Gasteiger partial charge in [-0.05, 0) is 44.2 Å². The van der Waals surface area contributed by atoms with Gasteiger partial charge in [-0.2, -0.15) is 4.98 Å². The second kappa shape index (κ2) is 6.15. The number of hydrogen-bond donors (Lipinski definition) is 1. The number of fused-ring (bicyclic) bond motifs is 2. The minimum absolute atomic E-state index is 0.112. The summed E-state index contributed by atoms with van der Waals surface area (Å²) in [5, 5.41) is 3.43. The van der Waals surface area contributed by atoms with Crippen LogP contribution in [-0.4, -0.2) is 40.8 Å². The van der Waals surface area contributed by atoms with Gasteiger partial charge in [0.1, 0.15) is 11.4 Å². The Morgan fingerprint density at radius 1 is 1.48 bits per heavy atom. The Balaban J connectivity index is 1.77. The van der Waals surface area contributed by atoms with Gasteiger partial charge in [0.2, 0.25) is 5.28 Å². The van der Waals surface area contributed by atoms with E-state index in [0.29, 0.717) is 30.2 Å². The lowest BCUT2D eigenvalue weighted by Crippen LogP contribution is -2.34. The highest BCUT2D eigenvalue weighted by Crippen LogP contribution is 2.34. The average molecular weight is 312 g/mol. The fourth-order valence-electron chi connectivity index (χ4n) is 3.00. The molecular formula is C14H18ClN3O3. The third kappa shape index (κ3) is 3.27. The lowest BCUT2D eigenvalue weighted by Gasteiger charge is -2.29. The number of hydrogen-bond acceptors (Lipinski definition) is 6. The van der Waals surface area contributed by atoms with Crippen LogP contribution < -0.4 is 5.32 Å². The van der Waals surface area contributed by atoms with Crippen LogP contribution in [0.4, 0.5) is 5.82 Å². The quantitative estimate of drug-likeness (QED) is 0.680. The Labute approximate surface area is 128 Å². The standard InChI is InChI=1S/C14H18ClN3O3/c1-2-20-13(19)11-7-16-14(15)18-12(11)17-8-5-9-3-4-10(6-8)21-9/h7-10H,2-6H2,1H3,(H,16,17,18). The molecule has 6 nitrogen and oxygen atoms in total. The van der Waals surface area contributed by atoms with Crippen LogP contribution in [0, 0.1) is 0 Å². The van der Waals surface area contributed by atoms with E-state index < -0.39 is 5.97 Å². The predicted octanol–water partition coefficient (Wildman–Crippen LogP) is 2.43. The first-order valence-corrected chi connectivity index (χ1v) is 7.65. The van der Waals surface area contributed by atoms with Gasteiger partial charge in [0.15, 0.2) is 0 Å². The zero-order valence-electron chi connectivity index (χ0n) is 11.8. The summed E-state index contributed by atoms with van der Waals surface area (Å²) in [6, 6.07) is 0.232. The van der Waals surface area contributed by atoms with Gasteiger partial charge in [0, 0.05) is 12.2 Å². The molecule has 1 aromatic rings. The number of carbonyl (C=O) groups is 1. The lowest BCUT2D eigenvalue weighted by molar-refractivity contribution is 0.000646. The first-order valence-electron chi connectivity index (χ1n) is 7.27. The third-order valence-corrected chi connectivity index (χ3v) is 4.07.